The van der Waals surface area contributed by atoms with E-state index < -0.39 is 0 Å². The third-order valence-electron chi connectivity index (χ3n) is 8.31. The molecule has 0 amide bonds. The average Bonchev–Trinajstić information content (AvgIpc) is 3.68. The summed E-state index contributed by atoms with van der Waals surface area (Å²) in [4.78, 5) is 0. The zero-order valence-corrected chi connectivity index (χ0v) is 48.8. The first kappa shape index (κ1) is 69.3. The van der Waals surface area contributed by atoms with E-state index in [1.807, 2.05) is 57.8 Å². The van der Waals surface area contributed by atoms with Crippen molar-refractivity contribution in [1.29, 1.82) is 0 Å². The number of aromatic nitrogens is 2. The standard InChI is InChI=1S/2C13H15N.2C12H14.C3H8.C2H6BO2.CH3Br.2W/c2*1-4-7-12-10(2)11-8-5-6-9-13(11)14(12)3;2*1-5-7-9-11(3)12(4)10-8-6-2;1-3-2;1-2-5-3-4;1-2;;/h2*4-9H,1-3H3;2*5-8H,1,3H2,2,4H3;3H2,1-2H3;4H,2H2,1H3;1H3;;/q;;2*-2;;;;2*+2/b2*7-4-;2*8-6-;;;;;. The van der Waals surface area contributed by atoms with E-state index in [0.717, 1.165) is 22.3 Å². The fraction of sp³-hybridized carbons (Fsp3) is 0.286. The van der Waals surface area contributed by atoms with Crippen molar-refractivity contribution in [2.75, 3.05) is 12.4 Å². The van der Waals surface area contributed by atoms with Crippen molar-refractivity contribution >= 4 is 57.6 Å². The topological polar surface area (TPSA) is 39.3 Å². The summed E-state index contributed by atoms with van der Waals surface area (Å²) in [6.07, 6.45) is 36.2. The van der Waals surface area contributed by atoms with Gasteiger partial charge in [-0.25, -0.2) is 48.6 Å². The summed E-state index contributed by atoms with van der Waals surface area (Å²) in [5.41, 5.74) is 11.6. The normalized spacial score (nSPS) is 10.8. The van der Waals surface area contributed by atoms with Crippen molar-refractivity contribution in [1.82, 2.24) is 9.13 Å². The molecule has 64 heavy (non-hydrogen) atoms. The first-order valence-corrected chi connectivity index (χ1v) is 22.4. The summed E-state index contributed by atoms with van der Waals surface area (Å²) < 4.78 is 8.75. The summed E-state index contributed by atoms with van der Waals surface area (Å²) in [5.74, 6) is 1.81. The van der Waals surface area contributed by atoms with Crippen molar-refractivity contribution in [3.05, 3.63) is 205 Å². The predicted octanol–water partition coefficient (Wildman–Crippen LogP) is 15.8. The van der Waals surface area contributed by atoms with Crippen LogP contribution >= 0.6 is 15.9 Å². The van der Waals surface area contributed by atoms with Crippen molar-refractivity contribution < 1.29 is 51.8 Å². The van der Waals surface area contributed by atoms with Gasteiger partial charge in [0.05, 0.1) is 0 Å². The minimum Gasteiger partial charge on any atom is -0.429 e. The first-order valence-electron chi connectivity index (χ1n) is 20.8. The molecule has 0 aliphatic carbocycles. The van der Waals surface area contributed by atoms with Crippen LogP contribution in [0, 0.1) is 38.2 Å². The van der Waals surface area contributed by atoms with E-state index in [9.17, 15) is 0 Å². The van der Waals surface area contributed by atoms with Crippen LogP contribution in [0.5, 0.6) is 0 Å². The van der Waals surface area contributed by atoms with Crippen molar-refractivity contribution in [3.8, 4) is 0 Å². The van der Waals surface area contributed by atoms with Gasteiger partial charge < -0.3 is 18.8 Å². The van der Waals surface area contributed by atoms with Gasteiger partial charge in [-0.05, 0) is 75.9 Å². The van der Waals surface area contributed by atoms with Gasteiger partial charge in [-0.15, -0.1) is 25.3 Å². The molecule has 2 heterocycles. The molecule has 1 radical (unpaired) electrons. The second-order valence-electron chi connectivity index (χ2n) is 13.0. The Kier molecular flexibility index (Phi) is 49.6. The Labute approximate surface area is 429 Å². The Morgan fingerprint density at radius 3 is 1.23 bits per heavy atom. The molecular formula is C56H75BBrN2O2W2. The number of aryl methyl sites for hydroxylation is 4. The molecule has 343 valence electrons. The maximum atomic E-state index is 7.72. The molecule has 1 N–H and O–H groups in total. The molecule has 8 heteroatoms. The number of alkyl halides is 1. The minimum absolute atomic E-state index is 0. The van der Waals surface area contributed by atoms with Crippen LogP contribution in [0.4, 0.5) is 0 Å². The fourth-order valence-electron chi connectivity index (χ4n) is 5.20. The quantitative estimate of drug-likeness (QED) is 0.0665. The van der Waals surface area contributed by atoms with Gasteiger partial charge in [-0.1, -0.05) is 112 Å². The van der Waals surface area contributed by atoms with Gasteiger partial charge in [0.1, 0.15) is 0 Å². The van der Waals surface area contributed by atoms with Crippen LogP contribution in [0.3, 0.4) is 0 Å². The van der Waals surface area contributed by atoms with E-state index in [0.29, 0.717) is 14.3 Å². The first-order chi connectivity index (χ1) is 29.8. The van der Waals surface area contributed by atoms with E-state index in [4.69, 9.17) is 5.02 Å². The minimum atomic E-state index is 0. The van der Waals surface area contributed by atoms with E-state index in [2.05, 4.69) is 209 Å². The number of rotatable bonds is 12. The van der Waals surface area contributed by atoms with Gasteiger partial charge in [0, 0.05) is 53.9 Å². The SMILES string of the molecule is C/C=C\c1c(C)c2ccccc2n1C.C/C=C\c1c(C)c2ccccc2n1C.C=CC=[C-]C(=C)C(C)=[C-]/C=C\C.C=CC=[C-]C(=C)C(C)=[C-]/C=C\C.CBr.CCC.CCO[B]O.[W+2].[W+2]. The van der Waals surface area contributed by atoms with Crippen LogP contribution in [0.25, 0.3) is 34.0 Å². The Hall–Kier alpha value is -3.76. The number of allylic oxidation sites excluding steroid dienone is 18. The van der Waals surface area contributed by atoms with Crippen LogP contribution in [0.15, 0.2) is 158 Å². The second kappa shape index (κ2) is 45.8. The summed E-state index contributed by atoms with van der Waals surface area (Å²) in [7, 11) is 4.91. The fourth-order valence-corrected chi connectivity index (χ4v) is 5.20. The molecule has 2 aromatic heterocycles. The number of fused-ring (bicyclic) bond motifs is 2. The molecule has 4 rings (SSSR count). The van der Waals surface area contributed by atoms with Crippen molar-refractivity contribution in [2.45, 2.75) is 82.6 Å². The van der Waals surface area contributed by atoms with Gasteiger partial charge in [-0.3, -0.25) is 11.1 Å². The third-order valence-corrected chi connectivity index (χ3v) is 8.31. The van der Waals surface area contributed by atoms with Gasteiger partial charge in [0.15, 0.2) is 0 Å². The average molecular weight is 1270 g/mol. The molecule has 0 bridgehead atoms. The summed E-state index contributed by atoms with van der Waals surface area (Å²) in [5, 5.41) is 10.4. The van der Waals surface area contributed by atoms with Crippen molar-refractivity contribution in [2.24, 2.45) is 14.1 Å². The smallest absolute Gasteiger partial charge is 0.429 e. The molecule has 0 fully saturated rings. The molecule has 0 aliphatic heterocycles. The Morgan fingerprint density at radius 2 is 1.00 bits per heavy atom. The molecule has 0 spiro atoms. The van der Waals surface area contributed by atoms with Gasteiger partial charge in [0.25, 0.3) is 0 Å². The molecule has 2 aromatic carbocycles. The predicted molar refractivity (Wildman–Crippen MR) is 284 cm³/mol. The number of hydrogen-bond acceptors (Lipinski definition) is 2. The van der Waals surface area contributed by atoms with Gasteiger partial charge in [-0.2, -0.15) is 36.5 Å². The summed E-state index contributed by atoms with van der Waals surface area (Å²) >= 11 is 2.94. The summed E-state index contributed by atoms with van der Waals surface area (Å²) in [6.45, 7) is 37.6. The molecule has 0 atom stereocenters. The molecule has 0 aliphatic rings. The Morgan fingerprint density at radius 1 is 0.672 bits per heavy atom. The molecular weight excluding hydrogens is 1190 g/mol. The Bertz CT molecular complexity index is 1910. The number of hydrogen-bond donors (Lipinski definition) is 1. The molecule has 4 nitrogen and oxygen atoms in total. The zero-order chi connectivity index (χ0) is 47.9. The second-order valence-corrected chi connectivity index (χ2v) is 13.0. The summed E-state index contributed by atoms with van der Waals surface area (Å²) in [6, 6.07) is 17.0. The maximum Gasteiger partial charge on any atom is 2.00 e. The number of para-hydroxylation sites is 2. The van der Waals surface area contributed by atoms with E-state index >= 15 is 0 Å². The van der Waals surface area contributed by atoms with Crippen molar-refractivity contribution in [3.63, 3.8) is 0 Å². The van der Waals surface area contributed by atoms with Gasteiger partial charge in [0.2, 0.25) is 0 Å². The Balaban J connectivity index is -0.000000224. The van der Waals surface area contributed by atoms with Crippen LogP contribution < -0.4 is 0 Å². The van der Waals surface area contributed by atoms with Crippen LogP contribution in [-0.4, -0.2) is 34.3 Å². The van der Waals surface area contributed by atoms with E-state index in [1.54, 1.807) is 31.2 Å². The number of halogens is 1. The monoisotopic (exact) mass is 1270 g/mol. The van der Waals surface area contributed by atoms with Crippen LogP contribution in [0.1, 0.15) is 91.2 Å². The third kappa shape index (κ3) is 28.2. The maximum absolute atomic E-state index is 7.72. The van der Waals surface area contributed by atoms with E-state index in [-0.39, 0.29) is 42.1 Å². The molecule has 0 unspecified atom stereocenters. The van der Waals surface area contributed by atoms with E-state index in [1.165, 1.54) is 50.7 Å². The number of nitrogens with zero attached hydrogens (tertiary/aromatic N) is 2. The van der Waals surface area contributed by atoms with Crippen LogP contribution in [-0.2, 0) is 60.9 Å². The molecule has 4 aromatic rings. The molecule has 0 saturated heterocycles. The largest absolute Gasteiger partial charge is 2.00 e. The van der Waals surface area contributed by atoms with Crippen LogP contribution in [0.2, 0.25) is 0 Å². The molecule has 0 saturated carbocycles. The number of benzene rings is 2. The van der Waals surface area contributed by atoms with Gasteiger partial charge >= 0.3 is 49.8 Å². The zero-order valence-electron chi connectivity index (χ0n) is 41.3.